The van der Waals surface area contributed by atoms with Crippen LogP contribution in [0.3, 0.4) is 0 Å². The highest BCUT2D eigenvalue weighted by Crippen LogP contribution is 2.43. The van der Waals surface area contributed by atoms with Crippen LogP contribution in [0.2, 0.25) is 0 Å². The van der Waals surface area contributed by atoms with Crippen molar-refractivity contribution in [3.05, 3.63) is 138 Å². The van der Waals surface area contributed by atoms with Crippen LogP contribution in [0.25, 0.3) is 33.4 Å². The summed E-state index contributed by atoms with van der Waals surface area (Å²) in [4.78, 5) is 34.9. The van der Waals surface area contributed by atoms with Crippen LogP contribution in [0, 0.1) is 11.3 Å². The number of ether oxygens (including phenoxy) is 1. The molecule has 6 aromatic rings. The molecule has 1 amide bonds. The number of hydrogen-bond donors (Lipinski definition) is 2. The van der Waals surface area contributed by atoms with Gasteiger partial charge in [0, 0.05) is 22.2 Å². The number of amides is 1. The minimum atomic E-state index is -4.87. The molecule has 0 fully saturated rings. The fourth-order valence-electron chi connectivity index (χ4n) is 5.29. The van der Waals surface area contributed by atoms with Crippen LogP contribution < -0.4 is 10.1 Å². The molecule has 6 rings (SSSR count). The molecule has 1 atom stereocenters. The first kappa shape index (κ1) is 33.7. The monoisotopic (exact) mass is 690 g/mol. The summed E-state index contributed by atoms with van der Waals surface area (Å²) in [5.41, 5.74) is 0.946. The number of halogens is 3. The number of nitriles is 1. The highest BCUT2D eigenvalue weighted by Gasteiger charge is 2.37. The third-order valence-corrected chi connectivity index (χ3v) is 8.99. The number of anilines is 1. The van der Waals surface area contributed by atoms with E-state index in [9.17, 15) is 33.1 Å². The smallest absolute Gasteiger partial charge is 0.417 e. The van der Waals surface area contributed by atoms with Gasteiger partial charge in [-0.25, -0.2) is 14.8 Å². The van der Waals surface area contributed by atoms with Crippen LogP contribution in [0.1, 0.15) is 32.3 Å². The van der Waals surface area contributed by atoms with Gasteiger partial charge in [-0.1, -0.05) is 72.4 Å². The molecule has 0 radical (unpaired) electrons. The molecule has 0 saturated heterocycles. The fourth-order valence-corrected chi connectivity index (χ4v) is 6.40. The molecule has 1 unspecified atom stereocenters. The molecule has 0 saturated carbocycles. The lowest BCUT2D eigenvalue weighted by Crippen LogP contribution is -2.20. The molecule has 248 valence electrons. The second kappa shape index (κ2) is 14.1. The number of benzene rings is 4. The first-order valence-corrected chi connectivity index (χ1v) is 15.9. The average molecular weight is 691 g/mol. The fraction of sp³-hybridized carbons (Fsp3) is 0.0789. The predicted octanol–water partition coefficient (Wildman–Crippen LogP) is 9.03. The Balaban J connectivity index is 1.34. The third-order valence-electron chi connectivity index (χ3n) is 7.75. The second-order valence-corrected chi connectivity index (χ2v) is 12.0. The van der Waals surface area contributed by atoms with Gasteiger partial charge in [0.15, 0.2) is 0 Å². The highest BCUT2D eigenvalue weighted by atomic mass is 32.2. The normalized spacial score (nSPS) is 11.8. The molecular formula is C38H25F3N4O4S. The summed E-state index contributed by atoms with van der Waals surface area (Å²) < 4.78 is 48.1. The number of aromatic nitrogens is 2. The molecule has 0 aliphatic heterocycles. The maximum atomic E-state index is 14.3. The maximum absolute atomic E-state index is 14.3. The number of carboxylic acids is 1. The zero-order valence-electron chi connectivity index (χ0n) is 26.1. The molecule has 12 heteroatoms. The van der Waals surface area contributed by atoms with Crippen LogP contribution in [0.5, 0.6) is 5.75 Å². The van der Waals surface area contributed by atoms with Crippen molar-refractivity contribution in [1.82, 2.24) is 9.97 Å². The van der Waals surface area contributed by atoms with Crippen LogP contribution >= 0.6 is 11.8 Å². The molecule has 50 heavy (non-hydrogen) atoms. The van der Waals surface area contributed by atoms with Gasteiger partial charge in [0.05, 0.1) is 40.7 Å². The van der Waals surface area contributed by atoms with Crippen molar-refractivity contribution in [2.45, 2.75) is 16.5 Å². The van der Waals surface area contributed by atoms with Crippen LogP contribution in [0.15, 0.2) is 120 Å². The molecule has 2 heterocycles. The summed E-state index contributed by atoms with van der Waals surface area (Å²) in [5, 5.41) is 21.6. The average Bonchev–Trinajstić information content (AvgIpc) is 3.13. The first-order chi connectivity index (χ1) is 24.0. The predicted molar refractivity (Wildman–Crippen MR) is 184 cm³/mol. The number of alkyl halides is 3. The van der Waals surface area contributed by atoms with Crippen molar-refractivity contribution < 1.29 is 32.6 Å². The molecule has 4 aromatic carbocycles. The largest absolute Gasteiger partial charge is 0.497 e. The summed E-state index contributed by atoms with van der Waals surface area (Å²) in [7, 11) is 1.47. The van der Waals surface area contributed by atoms with Crippen LogP contribution in [-0.4, -0.2) is 34.1 Å². The molecule has 8 nitrogen and oxygen atoms in total. The van der Waals surface area contributed by atoms with Gasteiger partial charge in [-0.3, -0.25) is 4.79 Å². The van der Waals surface area contributed by atoms with Crippen molar-refractivity contribution in [1.29, 1.82) is 5.26 Å². The third kappa shape index (κ3) is 7.13. The van der Waals surface area contributed by atoms with Gasteiger partial charge in [0.25, 0.3) is 0 Å². The Morgan fingerprint density at radius 1 is 0.860 bits per heavy atom. The van der Waals surface area contributed by atoms with E-state index in [-0.39, 0.29) is 16.3 Å². The zero-order valence-corrected chi connectivity index (χ0v) is 26.9. The lowest BCUT2D eigenvalue weighted by atomic mass is 10.0. The van der Waals surface area contributed by atoms with E-state index >= 15 is 0 Å². The maximum Gasteiger partial charge on any atom is 0.417 e. The Bertz CT molecular complexity index is 2260. The number of nitrogens with one attached hydrogen (secondary N) is 1. The van der Waals surface area contributed by atoms with Crippen molar-refractivity contribution in [3.8, 4) is 34.3 Å². The van der Waals surface area contributed by atoms with E-state index in [1.807, 2.05) is 0 Å². The Morgan fingerprint density at radius 2 is 1.48 bits per heavy atom. The number of thioether (sulfide) groups is 1. The number of nitrogens with zero attached hydrogens (tertiary/aromatic N) is 3. The molecule has 0 bridgehead atoms. The van der Waals surface area contributed by atoms with Crippen LogP contribution in [0.4, 0.5) is 18.9 Å². The molecule has 2 N–H and O–H groups in total. The summed E-state index contributed by atoms with van der Waals surface area (Å²) in [6.07, 6.45) is -4.87. The lowest BCUT2D eigenvalue weighted by Gasteiger charge is -2.20. The number of rotatable bonds is 9. The van der Waals surface area contributed by atoms with Gasteiger partial charge >= 0.3 is 12.1 Å². The number of carbonyl (C=O) groups is 2. The van der Waals surface area contributed by atoms with E-state index in [2.05, 4.69) is 15.3 Å². The van der Waals surface area contributed by atoms with Crippen molar-refractivity contribution in [3.63, 3.8) is 0 Å². The summed E-state index contributed by atoms with van der Waals surface area (Å²) in [6.45, 7) is 0. The van der Waals surface area contributed by atoms with Crippen molar-refractivity contribution in [2.75, 3.05) is 12.4 Å². The number of pyridine rings is 2. The number of fused-ring (bicyclic) bond motifs is 1. The minimum Gasteiger partial charge on any atom is -0.497 e. The van der Waals surface area contributed by atoms with Gasteiger partial charge < -0.3 is 15.2 Å². The standard InChI is InChI=1S/C38H25F3N4O4S/c1-49-26-17-13-23(14-18-26)33-20-30(38(39,40)41)29(21-42)36(45-33)50-34(24-7-3-2-4-8-24)35(46)43-25-15-11-22(12-16-25)32-19-28(37(47)48)27-9-5-6-10-31(27)44-32/h2-20,34H,1H3,(H,43,46)(H,47,48). The molecular weight excluding hydrogens is 666 g/mol. The van der Waals surface area contributed by atoms with E-state index in [0.717, 1.165) is 17.8 Å². The highest BCUT2D eigenvalue weighted by molar-refractivity contribution is 8.00. The van der Waals surface area contributed by atoms with E-state index in [1.54, 1.807) is 109 Å². The van der Waals surface area contributed by atoms with Crippen molar-refractivity contribution in [2.24, 2.45) is 0 Å². The van der Waals surface area contributed by atoms with Gasteiger partial charge in [0.2, 0.25) is 5.91 Å². The van der Waals surface area contributed by atoms with E-state index in [1.165, 1.54) is 13.2 Å². The number of methoxy groups -OCH3 is 1. The molecule has 2 aromatic heterocycles. The van der Waals surface area contributed by atoms with Gasteiger partial charge in [-0.2, -0.15) is 18.4 Å². The number of carbonyl (C=O) groups excluding carboxylic acids is 1. The summed E-state index contributed by atoms with van der Waals surface area (Å²) in [5.74, 6) is -1.16. The number of hydrogen-bond acceptors (Lipinski definition) is 7. The summed E-state index contributed by atoms with van der Waals surface area (Å²) >= 11 is 0.737. The van der Waals surface area contributed by atoms with E-state index < -0.39 is 34.4 Å². The Labute approximate surface area is 288 Å². The first-order valence-electron chi connectivity index (χ1n) is 15.0. The zero-order chi connectivity index (χ0) is 35.4. The second-order valence-electron chi connectivity index (χ2n) is 10.9. The Kier molecular flexibility index (Phi) is 9.51. The lowest BCUT2D eigenvalue weighted by molar-refractivity contribution is -0.138. The van der Waals surface area contributed by atoms with Crippen molar-refractivity contribution >= 4 is 40.2 Å². The number of para-hydroxylation sites is 1. The molecule has 0 aliphatic carbocycles. The summed E-state index contributed by atoms with van der Waals surface area (Å²) in [6, 6.07) is 32.2. The topological polar surface area (TPSA) is 125 Å². The minimum absolute atomic E-state index is 0.0300. The van der Waals surface area contributed by atoms with E-state index in [4.69, 9.17) is 4.74 Å². The Hall–Kier alpha value is -6.19. The number of aromatic carboxylic acids is 1. The van der Waals surface area contributed by atoms with Gasteiger partial charge in [0.1, 0.15) is 22.1 Å². The van der Waals surface area contributed by atoms with Crippen LogP contribution in [-0.2, 0) is 11.0 Å². The van der Waals surface area contributed by atoms with Gasteiger partial charge in [-0.05, 0) is 60.2 Å². The SMILES string of the molecule is COc1ccc(-c2cc(C(F)(F)F)c(C#N)c(SC(C(=O)Nc3ccc(-c4cc(C(=O)O)c5ccccc5n4)cc3)c3ccccc3)n2)cc1. The number of carboxylic acid groups (broad SMARTS) is 1. The Morgan fingerprint density at radius 3 is 2.10 bits per heavy atom. The molecule has 0 spiro atoms. The molecule has 0 aliphatic rings. The van der Waals surface area contributed by atoms with E-state index in [0.29, 0.717) is 44.7 Å². The van der Waals surface area contributed by atoms with Gasteiger partial charge in [-0.15, -0.1) is 0 Å². The quantitative estimate of drug-likeness (QED) is 0.144.